The molecule has 0 radical (unpaired) electrons. The summed E-state index contributed by atoms with van der Waals surface area (Å²) >= 11 is 0. The molecule has 0 atom stereocenters. The molecule has 8 heteroatoms. The summed E-state index contributed by atoms with van der Waals surface area (Å²) in [5, 5.41) is 17.4. The molecule has 0 aromatic heterocycles. The third kappa shape index (κ3) is 2.46. The molecule has 1 aromatic carbocycles. The van der Waals surface area contributed by atoms with Gasteiger partial charge in [-0.3, -0.25) is 0 Å². The van der Waals surface area contributed by atoms with Crippen molar-refractivity contribution in [3.63, 3.8) is 0 Å². The Labute approximate surface area is 89.4 Å². The summed E-state index contributed by atoms with van der Waals surface area (Å²) in [7, 11) is -1.17. The van der Waals surface area contributed by atoms with Crippen molar-refractivity contribution < 1.29 is 32.7 Å². The fourth-order valence-electron chi connectivity index (χ4n) is 1.07. The van der Waals surface area contributed by atoms with E-state index in [0.29, 0.717) is 6.07 Å². The van der Waals surface area contributed by atoms with E-state index in [0.717, 1.165) is 0 Å². The zero-order valence-electron chi connectivity index (χ0n) is 8.21. The minimum absolute atomic E-state index is 0.294. The van der Waals surface area contributed by atoms with Crippen molar-refractivity contribution in [2.45, 2.75) is 0 Å². The highest BCUT2D eigenvalue weighted by Crippen LogP contribution is 2.21. The van der Waals surface area contributed by atoms with Crippen LogP contribution in [0, 0.1) is 17.5 Å². The molecule has 0 unspecified atom stereocenters. The third-order valence-corrected chi connectivity index (χ3v) is 1.74. The predicted molar refractivity (Wildman–Crippen MR) is 48.6 cm³/mol. The van der Waals surface area contributed by atoms with Crippen molar-refractivity contribution in [2.24, 2.45) is 0 Å². The van der Waals surface area contributed by atoms with Gasteiger partial charge in [0.25, 0.3) is 0 Å². The van der Waals surface area contributed by atoms with Crippen LogP contribution in [0.15, 0.2) is 6.07 Å². The molecule has 4 nitrogen and oxygen atoms in total. The van der Waals surface area contributed by atoms with Gasteiger partial charge in [0, 0.05) is 13.2 Å². The summed E-state index contributed by atoms with van der Waals surface area (Å²) in [5.74, 6) is -5.14. The summed E-state index contributed by atoms with van der Waals surface area (Å²) in [6.07, 6.45) is 0. The SMILES string of the molecule is COCOc1c(F)cc(F)c(B(O)O)c1F. The van der Waals surface area contributed by atoms with E-state index in [1.807, 2.05) is 0 Å². The standard InChI is InChI=1S/C8H8BF3O4/c1-15-3-16-8-5(11)2-4(10)6(7(8)12)9(13)14/h2,13-14H,3H2,1H3. The highest BCUT2D eigenvalue weighted by Gasteiger charge is 2.27. The molecule has 0 heterocycles. The maximum absolute atomic E-state index is 13.4. The fourth-order valence-corrected chi connectivity index (χ4v) is 1.07. The molecular formula is C8H8BF3O4. The minimum atomic E-state index is -2.40. The van der Waals surface area contributed by atoms with Crippen LogP contribution >= 0.6 is 0 Å². The maximum Gasteiger partial charge on any atom is 0.494 e. The molecule has 0 fully saturated rings. The molecule has 0 amide bonds. The van der Waals surface area contributed by atoms with Gasteiger partial charge in [-0.2, -0.15) is 0 Å². The first-order chi connectivity index (χ1) is 7.49. The van der Waals surface area contributed by atoms with E-state index in [-0.39, 0.29) is 0 Å². The van der Waals surface area contributed by atoms with Crippen molar-refractivity contribution in [3.05, 3.63) is 23.5 Å². The molecular weight excluding hydrogens is 228 g/mol. The molecule has 1 aromatic rings. The predicted octanol–water partition coefficient (Wildman–Crippen LogP) is -0.234. The Balaban J connectivity index is 3.22. The number of hydrogen-bond acceptors (Lipinski definition) is 4. The molecule has 0 spiro atoms. The minimum Gasteiger partial charge on any atom is -0.461 e. The largest absolute Gasteiger partial charge is 0.494 e. The van der Waals surface area contributed by atoms with E-state index < -0.39 is 42.6 Å². The maximum atomic E-state index is 13.4. The van der Waals surface area contributed by atoms with Crippen LogP contribution in [0.1, 0.15) is 0 Å². The van der Waals surface area contributed by atoms with Crippen LogP contribution in [0.5, 0.6) is 5.75 Å². The van der Waals surface area contributed by atoms with Gasteiger partial charge < -0.3 is 19.5 Å². The average molecular weight is 236 g/mol. The van der Waals surface area contributed by atoms with E-state index in [9.17, 15) is 13.2 Å². The lowest BCUT2D eigenvalue weighted by Gasteiger charge is -2.11. The highest BCUT2D eigenvalue weighted by atomic mass is 19.1. The van der Waals surface area contributed by atoms with Crippen LogP contribution in [0.2, 0.25) is 0 Å². The summed E-state index contributed by atoms with van der Waals surface area (Å²) in [6, 6.07) is 0.294. The lowest BCUT2D eigenvalue weighted by molar-refractivity contribution is 0.0452. The van der Waals surface area contributed by atoms with Crippen molar-refractivity contribution in [1.82, 2.24) is 0 Å². The molecule has 0 saturated carbocycles. The Bertz CT molecular complexity index is 386. The van der Waals surface area contributed by atoms with E-state index in [4.69, 9.17) is 10.0 Å². The molecule has 88 valence electrons. The van der Waals surface area contributed by atoms with Gasteiger partial charge in [-0.05, 0) is 0 Å². The van der Waals surface area contributed by atoms with E-state index in [1.165, 1.54) is 7.11 Å². The van der Waals surface area contributed by atoms with Crippen LogP contribution in [-0.4, -0.2) is 31.1 Å². The Morgan fingerprint density at radius 2 is 1.88 bits per heavy atom. The van der Waals surface area contributed by atoms with Gasteiger partial charge in [0.2, 0.25) is 0 Å². The molecule has 0 aliphatic rings. The average Bonchev–Trinajstić information content (AvgIpc) is 2.16. The van der Waals surface area contributed by atoms with Crippen LogP contribution in [-0.2, 0) is 4.74 Å². The monoisotopic (exact) mass is 236 g/mol. The molecule has 0 bridgehead atoms. The van der Waals surface area contributed by atoms with Gasteiger partial charge in [0.05, 0.1) is 5.46 Å². The van der Waals surface area contributed by atoms with Crippen molar-refractivity contribution in [1.29, 1.82) is 0 Å². The lowest BCUT2D eigenvalue weighted by Crippen LogP contribution is -2.36. The zero-order valence-corrected chi connectivity index (χ0v) is 8.21. The molecule has 16 heavy (non-hydrogen) atoms. The number of methoxy groups -OCH3 is 1. The summed E-state index contributed by atoms with van der Waals surface area (Å²) in [5.41, 5.74) is -1.08. The number of halogens is 3. The Morgan fingerprint density at radius 3 is 2.38 bits per heavy atom. The van der Waals surface area contributed by atoms with Gasteiger partial charge in [0.15, 0.2) is 24.2 Å². The Morgan fingerprint density at radius 1 is 1.25 bits per heavy atom. The number of rotatable bonds is 4. The molecule has 2 N–H and O–H groups in total. The topological polar surface area (TPSA) is 58.9 Å². The van der Waals surface area contributed by atoms with Gasteiger partial charge >= 0.3 is 7.12 Å². The fraction of sp³-hybridized carbons (Fsp3) is 0.250. The Hall–Kier alpha value is -1.25. The van der Waals surface area contributed by atoms with Gasteiger partial charge in [-0.1, -0.05) is 0 Å². The van der Waals surface area contributed by atoms with E-state index >= 15 is 0 Å². The van der Waals surface area contributed by atoms with E-state index in [2.05, 4.69) is 9.47 Å². The van der Waals surface area contributed by atoms with Crippen LogP contribution in [0.3, 0.4) is 0 Å². The second-order valence-corrected chi connectivity index (χ2v) is 2.82. The summed E-state index contributed by atoms with van der Waals surface area (Å²) in [4.78, 5) is 0. The van der Waals surface area contributed by atoms with Crippen LogP contribution < -0.4 is 10.2 Å². The quantitative estimate of drug-likeness (QED) is 0.559. The van der Waals surface area contributed by atoms with Gasteiger partial charge in [0.1, 0.15) is 5.82 Å². The number of benzene rings is 1. The molecule has 0 saturated heterocycles. The smallest absolute Gasteiger partial charge is 0.461 e. The summed E-state index contributed by atoms with van der Waals surface area (Å²) < 4.78 is 48.3. The summed E-state index contributed by atoms with van der Waals surface area (Å²) in [6.45, 7) is -0.458. The third-order valence-electron chi connectivity index (χ3n) is 1.74. The van der Waals surface area contributed by atoms with Gasteiger partial charge in [-0.25, -0.2) is 13.2 Å². The van der Waals surface area contributed by atoms with Crippen molar-refractivity contribution in [2.75, 3.05) is 13.9 Å². The van der Waals surface area contributed by atoms with Crippen molar-refractivity contribution in [3.8, 4) is 5.75 Å². The van der Waals surface area contributed by atoms with Crippen LogP contribution in [0.25, 0.3) is 0 Å². The van der Waals surface area contributed by atoms with Crippen molar-refractivity contribution >= 4 is 12.6 Å². The van der Waals surface area contributed by atoms with Crippen LogP contribution in [0.4, 0.5) is 13.2 Å². The number of ether oxygens (including phenoxy) is 2. The molecule has 0 aliphatic carbocycles. The first kappa shape index (κ1) is 12.8. The highest BCUT2D eigenvalue weighted by molar-refractivity contribution is 6.58. The van der Waals surface area contributed by atoms with Gasteiger partial charge in [-0.15, -0.1) is 0 Å². The normalized spacial score (nSPS) is 10.4. The molecule has 0 aliphatic heterocycles. The first-order valence-corrected chi connectivity index (χ1v) is 4.14. The second-order valence-electron chi connectivity index (χ2n) is 2.82. The first-order valence-electron chi connectivity index (χ1n) is 4.14. The zero-order chi connectivity index (χ0) is 12.3. The Kier molecular flexibility index (Phi) is 4.16. The second kappa shape index (κ2) is 5.19. The number of hydrogen-bond donors (Lipinski definition) is 2. The van der Waals surface area contributed by atoms with E-state index in [1.54, 1.807) is 0 Å². The molecule has 1 rings (SSSR count). The lowest BCUT2D eigenvalue weighted by atomic mass is 9.79.